The van der Waals surface area contributed by atoms with Gasteiger partial charge in [0.25, 0.3) is 0 Å². The Balaban J connectivity index is 2.11. The Morgan fingerprint density at radius 3 is 2.64 bits per heavy atom. The van der Waals surface area contributed by atoms with Crippen LogP contribution >= 0.6 is 11.3 Å². The van der Waals surface area contributed by atoms with E-state index in [-0.39, 0.29) is 0 Å². The molecule has 4 heteroatoms. The summed E-state index contributed by atoms with van der Waals surface area (Å²) in [7, 11) is 1.85. The Hall–Kier alpha value is -1.42. The SMILES string of the molecule is CNc1nnc(Cc2ccccc2)s1. The van der Waals surface area contributed by atoms with E-state index in [1.54, 1.807) is 11.3 Å². The highest BCUT2D eigenvalue weighted by Crippen LogP contribution is 2.17. The van der Waals surface area contributed by atoms with Gasteiger partial charge in [0.2, 0.25) is 5.13 Å². The zero-order chi connectivity index (χ0) is 9.80. The van der Waals surface area contributed by atoms with Crippen molar-refractivity contribution >= 4 is 16.5 Å². The molecule has 0 unspecified atom stereocenters. The number of benzene rings is 1. The van der Waals surface area contributed by atoms with Gasteiger partial charge in [-0.25, -0.2) is 0 Å². The van der Waals surface area contributed by atoms with Gasteiger partial charge >= 0.3 is 0 Å². The molecule has 0 bridgehead atoms. The summed E-state index contributed by atoms with van der Waals surface area (Å²) in [6.45, 7) is 0. The molecule has 0 aliphatic heterocycles. The molecule has 0 aliphatic rings. The van der Waals surface area contributed by atoms with Gasteiger partial charge in [-0.2, -0.15) is 0 Å². The molecular formula is C10H11N3S. The van der Waals surface area contributed by atoms with Gasteiger partial charge in [-0.1, -0.05) is 41.7 Å². The summed E-state index contributed by atoms with van der Waals surface area (Å²) in [6, 6.07) is 10.3. The van der Waals surface area contributed by atoms with Crippen molar-refractivity contribution < 1.29 is 0 Å². The predicted octanol–water partition coefficient (Wildman–Crippen LogP) is 2.17. The standard InChI is InChI=1S/C10H11N3S/c1-11-10-13-12-9(14-10)7-8-5-3-2-4-6-8/h2-6H,7H2,1H3,(H,11,13). The summed E-state index contributed by atoms with van der Waals surface area (Å²) in [6.07, 6.45) is 0.861. The van der Waals surface area contributed by atoms with E-state index in [0.29, 0.717) is 0 Å². The molecule has 1 aromatic carbocycles. The van der Waals surface area contributed by atoms with Crippen LogP contribution in [0.1, 0.15) is 10.6 Å². The van der Waals surface area contributed by atoms with Gasteiger partial charge in [-0.15, -0.1) is 10.2 Å². The van der Waals surface area contributed by atoms with Gasteiger partial charge in [0.15, 0.2) is 0 Å². The Labute approximate surface area is 86.8 Å². The molecular weight excluding hydrogens is 194 g/mol. The van der Waals surface area contributed by atoms with Crippen LogP contribution in [0, 0.1) is 0 Å². The third-order valence-electron chi connectivity index (χ3n) is 1.88. The number of nitrogens with zero attached hydrogens (tertiary/aromatic N) is 2. The van der Waals surface area contributed by atoms with Gasteiger partial charge < -0.3 is 5.32 Å². The fourth-order valence-corrected chi connectivity index (χ4v) is 1.92. The van der Waals surface area contributed by atoms with Gasteiger partial charge in [-0.3, -0.25) is 0 Å². The Kier molecular flexibility index (Phi) is 2.74. The lowest BCUT2D eigenvalue weighted by molar-refractivity contribution is 1.00. The zero-order valence-electron chi connectivity index (χ0n) is 7.90. The quantitative estimate of drug-likeness (QED) is 0.834. The van der Waals surface area contributed by atoms with Crippen molar-refractivity contribution in [2.45, 2.75) is 6.42 Å². The molecule has 0 fully saturated rings. The van der Waals surface area contributed by atoms with Crippen LogP contribution in [0.5, 0.6) is 0 Å². The highest BCUT2D eigenvalue weighted by atomic mass is 32.1. The van der Waals surface area contributed by atoms with E-state index in [2.05, 4.69) is 27.6 Å². The van der Waals surface area contributed by atoms with Gasteiger partial charge in [0.05, 0.1) is 0 Å². The summed E-state index contributed by atoms with van der Waals surface area (Å²) in [4.78, 5) is 0. The molecule has 0 radical (unpaired) electrons. The van der Waals surface area contributed by atoms with Crippen molar-refractivity contribution in [2.75, 3.05) is 12.4 Å². The molecule has 0 aliphatic carbocycles. The number of aromatic nitrogens is 2. The molecule has 1 aromatic heterocycles. The maximum atomic E-state index is 4.09. The summed E-state index contributed by atoms with van der Waals surface area (Å²) in [5.74, 6) is 0. The summed E-state index contributed by atoms with van der Waals surface area (Å²) >= 11 is 1.59. The molecule has 3 nitrogen and oxygen atoms in total. The smallest absolute Gasteiger partial charge is 0.205 e. The van der Waals surface area contributed by atoms with Crippen LogP contribution in [-0.4, -0.2) is 17.2 Å². The van der Waals surface area contributed by atoms with Crippen LogP contribution in [-0.2, 0) is 6.42 Å². The van der Waals surface area contributed by atoms with E-state index in [1.165, 1.54) is 5.56 Å². The van der Waals surface area contributed by atoms with E-state index in [4.69, 9.17) is 0 Å². The van der Waals surface area contributed by atoms with E-state index in [1.807, 2.05) is 25.2 Å². The van der Waals surface area contributed by atoms with Crippen LogP contribution in [0.3, 0.4) is 0 Å². The molecule has 0 saturated carbocycles. The first kappa shape index (κ1) is 9.15. The second kappa shape index (κ2) is 4.19. The largest absolute Gasteiger partial charge is 0.363 e. The lowest BCUT2D eigenvalue weighted by Gasteiger charge is -1.94. The first-order valence-corrected chi connectivity index (χ1v) is 5.24. The minimum atomic E-state index is 0.861. The fraction of sp³-hybridized carbons (Fsp3) is 0.200. The molecule has 0 spiro atoms. The van der Waals surface area contributed by atoms with E-state index >= 15 is 0 Å². The third kappa shape index (κ3) is 2.09. The third-order valence-corrected chi connectivity index (χ3v) is 2.82. The van der Waals surface area contributed by atoms with Crippen molar-refractivity contribution in [3.63, 3.8) is 0 Å². The normalized spacial score (nSPS) is 10.1. The van der Waals surface area contributed by atoms with E-state index < -0.39 is 0 Å². The second-order valence-electron chi connectivity index (χ2n) is 2.91. The number of hydrogen-bond donors (Lipinski definition) is 1. The van der Waals surface area contributed by atoms with Crippen molar-refractivity contribution in [1.29, 1.82) is 0 Å². The number of hydrogen-bond acceptors (Lipinski definition) is 4. The molecule has 2 rings (SSSR count). The monoisotopic (exact) mass is 205 g/mol. The molecule has 0 saturated heterocycles. The molecule has 1 N–H and O–H groups in total. The van der Waals surface area contributed by atoms with Crippen LogP contribution < -0.4 is 5.32 Å². The van der Waals surface area contributed by atoms with Crippen LogP contribution in [0.4, 0.5) is 5.13 Å². The molecule has 0 atom stereocenters. The van der Waals surface area contributed by atoms with E-state index in [9.17, 15) is 0 Å². The Morgan fingerprint density at radius 1 is 1.21 bits per heavy atom. The Bertz CT molecular complexity index is 397. The van der Waals surface area contributed by atoms with E-state index in [0.717, 1.165) is 16.6 Å². The molecule has 72 valence electrons. The average molecular weight is 205 g/mol. The lowest BCUT2D eigenvalue weighted by atomic mass is 10.2. The topological polar surface area (TPSA) is 37.8 Å². The summed E-state index contributed by atoms with van der Waals surface area (Å²) in [5, 5.41) is 13.0. The van der Waals surface area contributed by atoms with Gasteiger partial charge in [0, 0.05) is 13.5 Å². The van der Waals surface area contributed by atoms with Crippen LogP contribution in [0.15, 0.2) is 30.3 Å². The first-order chi connectivity index (χ1) is 6.88. The molecule has 1 heterocycles. The van der Waals surface area contributed by atoms with Crippen molar-refractivity contribution in [2.24, 2.45) is 0 Å². The second-order valence-corrected chi connectivity index (χ2v) is 3.98. The molecule has 14 heavy (non-hydrogen) atoms. The number of rotatable bonds is 3. The number of anilines is 1. The fourth-order valence-electron chi connectivity index (χ4n) is 1.20. The van der Waals surface area contributed by atoms with Crippen molar-refractivity contribution in [1.82, 2.24) is 10.2 Å². The van der Waals surface area contributed by atoms with Gasteiger partial charge in [-0.05, 0) is 5.56 Å². The highest BCUT2D eigenvalue weighted by Gasteiger charge is 2.02. The van der Waals surface area contributed by atoms with Crippen molar-refractivity contribution in [3.05, 3.63) is 40.9 Å². The molecule has 2 aromatic rings. The first-order valence-electron chi connectivity index (χ1n) is 4.42. The zero-order valence-corrected chi connectivity index (χ0v) is 8.71. The van der Waals surface area contributed by atoms with Crippen LogP contribution in [0.25, 0.3) is 0 Å². The minimum absolute atomic E-state index is 0.861. The van der Waals surface area contributed by atoms with Crippen LogP contribution in [0.2, 0.25) is 0 Å². The summed E-state index contributed by atoms with van der Waals surface area (Å²) < 4.78 is 0. The minimum Gasteiger partial charge on any atom is -0.363 e. The maximum absolute atomic E-state index is 4.09. The van der Waals surface area contributed by atoms with Crippen molar-refractivity contribution in [3.8, 4) is 0 Å². The molecule has 0 amide bonds. The predicted molar refractivity (Wildman–Crippen MR) is 58.7 cm³/mol. The Morgan fingerprint density at radius 2 is 2.00 bits per heavy atom. The lowest BCUT2D eigenvalue weighted by Crippen LogP contribution is -1.86. The number of nitrogens with one attached hydrogen (secondary N) is 1. The van der Waals surface area contributed by atoms with Gasteiger partial charge in [0.1, 0.15) is 5.01 Å². The summed E-state index contributed by atoms with van der Waals surface area (Å²) in [5.41, 5.74) is 1.27. The average Bonchev–Trinajstić information content (AvgIpc) is 2.67. The maximum Gasteiger partial charge on any atom is 0.205 e. The highest BCUT2D eigenvalue weighted by molar-refractivity contribution is 7.15.